The van der Waals surface area contributed by atoms with Crippen molar-refractivity contribution in [1.29, 1.82) is 0 Å². The average Bonchev–Trinajstić information content (AvgIpc) is 3.28. The van der Waals surface area contributed by atoms with Crippen LogP contribution in [0, 0.1) is 0 Å². The largest absolute Gasteiger partial charge is 0.497 e. The van der Waals surface area contributed by atoms with Gasteiger partial charge < -0.3 is 15.0 Å². The van der Waals surface area contributed by atoms with Crippen LogP contribution in [-0.2, 0) is 0 Å². The number of benzene rings is 2. The number of carbonyl (C=O) groups excluding carboxylic acids is 1. The molecular weight excluding hydrogens is 400 g/mol. The number of hydrogen-bond donors (Lipinski definition) is 1. The van der Waals surface area contributed by atoms with E-state index in [4.69, 9.17) is 9.84 Å². The molecule has 3 aromatic rings. The number of rotatable bonds is 11. The zero-order valence-electron chi connectivity index (χ0n) is 19.5. The lowest BCUT2D eigenvalue weighted by Gasteiger charge is -2.20. The molecule has 1 unspecified atom stereocenters. The molecule has 32 heavy (non-hydrogen) atoms. The Balaban J connectivity index is 1.79. The third-order valence-corrected chi connectivity index (χ3v) is 5.71. The molecule has 6 nitrogen and oxygen atoms in total. The van der Waals surface area contributed by atoms with E-state index in [0.29, 0.717) is 5.69 Å². The molecule has 1 atom stereocenters. The van der Waals surface area contributed by atoms with E-state index < -0.39 is 0 Å². The van der Waals surface area contributed by atoms with Crippen LogP contribution in [0.3, 0.4) is 0 Å². The predicted molar refractivity (Wildman–Crippen MR) is 130 cm³/mol. The lowest BCUT2D eigenvalue weighted by Crippen LogP contribution is -2.34. The summed E-state index contributed by atoms with van der Waals surface area (Å²) in [5, 5.41) is 7.91. The van der Waals surface area contributed by atoms with E-state index in [2.05, 4.69) is 31.0 Å². The van der Waals surface area contributed by atoms with Crippen LogP contribution in [0.4, 0.5) is 0 Å². The summed E-state index contributed by atoms with van der Waals surface area (Å²) in [7, 11) is 1.64. The molecule has 0 spiro atoms. The topological polar surface area (TPSA) is 59.4 Å². The van der Waals surface area contributed by atoms with Gasteiger partial charge in [-0.15, -0.1) is 0 Å². The molecule has 0 saturated carbocycles. The van der Waals surface area contributed by atoms with E-state index in [1.807, 2.05) is 60.7 Å². The maximum absolute atomic E-state index is 13.2. The molecule has 1 aromatic heterocycles. The van der Waals surface area contributed by atoms with E-state index in [-0.39, 0.29) is 11.9 Å². The number of para-hydroxylation sites is 1. The SMILES string of the molecule is CCN(CC)CCCC(C)NC(=O)c1cc(-c2ccc(OC)cc2)nn1-c1ccccc1. The van der Waals surface area contributed by atoms with Gasteiger partial charge in [-0.2, -0.15) is 5.10 Å². The zero-order valence-corrected chi connectivity index (χ0v) is 19.5. The summed E-state index contributed by atoms with van der Waals surface area (Å²) in [6, 6.07) is 19.4. The lowest BCUT2D eigenvalue weighted by atomic mass is 10.1. The Kier molecular flexibility index (Phi) is 8.45. The maximum atomic E-state index is 13.2. The molecule has 0 aliphatic heterocycles. The van der Waals surface area contributed by atoms with Gasteiger partial charge in [0.15, 0.2) is 0 Å². The van der Waals surface area contributed by atoms with E-state index in [1.165, 1.54) is 0 Å². The molecule has 0 aliphatic rings. The van der Waals surface area contributed by atoms with Crippen molar-refractivity contribution in [3.8, 4) is 22.7 Å². The highest BCUT2D eigenvalue weighted by molar-refractivity contribution is 5.94. The summed E-state index contributed by atoms with van der Waals surface area (Å²) in [6.07, 6.45) is 1.99. The first-order valence-electron chi connectivity index (χ1n) is 11.4. The van der Waals surface area contributed by atoms with Crippen LogP contribution in [0.1, 0.15) is 44.1 Å². The van der Waals surface area contributed by atoms with Crippen molar-refractivity contribution >= 4 is 5.91 Å². The minimum atomic E-state index is -0.114. The summed E-state index contributed by atoms with van der Waals surface area (Å²) < 4.78 is 6.97. The van der Waals surface area contributed by atoms with Gasteiger partial charge in [0.25, 0.3) is 5.91 Å². The van der Waals surface area contributed by atoms with E-state index in [1.54, 1.807) is 11.8 Å². The standard InChI is InChI=1S/C26H34N4O2/c1-5-29(6-2)18-10-11-20(3)27-26(31)25-19-24(21-14-16-23(32-4)17-15-21)28-30(25)22-12-8-7-9-13-22/h7-9,12-17,19-20H,5-6,10-11,18H2,1-4H3,(H,27,31). The van der Waals surface area contributed by atoms with Crippen molar-refractivity contribution < 1.29 is 9.53 Å². The summed E-state index contributed by atoms with van der Waals surface area (Å²) in [6.45, 7) is 9.59. The van der Waals surface area contributed by atoms with Gasteiger partial charge in [0.1, 0.15) is 11.4 Å². The minimum Gasteiger partial charge on any atom is -0.497 e. The monoisotopic (exact) mass is 434 g/mol. The molecule has 6 heteroatoms. The van der Waals surface area contributed by atoms with Crippen molar-refractivity contribution in [2.24, 2.45) is 0 Å². The Morgan fingerprint density at radius 3 is 2.41 bits per heavy atom. The minimum absolute atomic E-state index is 0.0848. The quantitative estimate of drug-likeness (QED) is 0.471. The van der Waals surface area contributed by atoms with Crippen LogP contribution >= 0.6 is 0 Å². The Bertz CT molecular complexity index is 979. The number of nitrogens with zero attached hydrogens (tertiary/aromatic N) is 3. The highest BCUT2D eigenvalue weighted by Gasteiger charge is 2.19. The summed E-state index contributed by atoms with van der Waals surface area (Å²) in [5.41, 5.74) is 3.06. The number of carbonyl (C=O) groups is 1. The Morgan fingerprint density at radius 2 is 1.78 bits per heavy atom. The third kappa shape index (κ3) is 5.98. The molecule has 170 valence electrons. The van der Waals surface area contributed by atoms with Crippen molar-refractivity contribution in [2.75, 3.05) is 26.7 Å². The van der Waals surface area contributed by atoms with E-state index in [0.717, 1.165) is 55.2 Å². The smallest absolute Gasteiger partial charge is 0.270 e. The maximum Gasteiger partial charge on any atom is 0.270 e. The molecule has 0 saturated heterocycles. The van der Waals surface area contributed by atoms with Crippen LogP contribution in [-0.4, -0.2) is 53.4 Å². The molecule has 2 aromatic carbocycles. The molecule has 0 aliphatic carbocycles. The van der Waals surface area contributed by atoms with Gasteiger partial charge in [-0.25, -0.2) is 4.68 Å². The van der Waals surface area contributed by atoms with E-state index >= 15 is 0 Å². The van der Waals surface area contributed by atoms with Crippen LogP contribution in [0.5, 0.6) is 5.75 Å². The molecular formula is C26H34N4O2. The van der Waals surface area contributed by atoms with Gasteiger partial charge in [-0.05, 0) is 81.9 Å². The molecule has 0 fully saturated rings. The van der Waals surface area contributed by atoms with Gasteiger partial charge in [0.2, 0.25) is 0 Å². The zero-order chi connectivity index (χ0) is 22.9. The number of ether oxygens (including phenoxy) is 1. The highest BCUT2D eigenvalue weighted by atomic mass is 16.5. The molecule has 0 radical (unpaired) electrons. The Morgan fingerprint density at radius 1 is 1.09 bits per heavy atom. The number of aromatic nitrogens is 2. The second-order valence-electron chi connectivity index (χ2n) is 7.93. The molecule has 1 amide bonds. The van der Waals surface area contributed by atoms with Crippen LogP contribution in [0.2, 0.25) is 0 Å². The average molecular weight is 435 g/mol. The molecule has 3 rings (SSSR count). The second kappa shape index (κ2) is 11.5. The van der Waals surface area contributed by atoms with Crippen LogP contribution in [0.25, 0.3) is 16.9 Å². The first-order chi connectivity index (χ1) is 15.5. The lowest BCUT2D eigenvalue weighted by molar-refractivity contribution is 0.0929. The molecule has 0 bridgehead atoms. The normalized spacial score (nSPS) is 12.0. The Hall–Kier alpha value is -3.12. The van der Waals surface area contributed by atoms with E-state index in [9.17, 15) is 4.79 Å². The van der Waals surface area contributed by atoms with Crippen molar-refractivity contribution in [1.82, 2.24) is 20.0 Å². The fourth-order valence-electron chi connectivity index (χ4n) is 3.74. The van der Waals surface area contributed by atoms with Gasteiger partial charge in [0.05, 0.1) is 18.5 Å². The van der Waals surface area contributed by atoms with Gasteiger partial charge in [-0.1, -0.05) is 32.0 Å². The van der Waals surface area contributed by atoms with Crippen molar-refractivity contribution in [3.05, 3.63) is 66.4 Å². The van der Waals surface area contributed by atoms with Crippen LogP contribution in [0.15, 0.2) is 60.7 Å². The van der Waals surface area contributed by atoms with Gasteiger partial charge in [0, 0.05) is 11.6 Å². The summed E-state index contributed by atoms with van der Waals surface area (Å²) >= 11 is 0. The van der Waals surface area contributed by atoms with Crippen LogP contribution < -0.4 is 10.1 Å². The van der Waals surface area contributed by atoms with Crippen molar-refractivity contribution in [2.45, 2.75) is 39.7 Å². The fourth-order valence-corrected chi connectivity index (χ4v) is 3.74. The fraction of sp³-hybridized carbons (Fsp3) is 0.385. The first kappa shape index (κ1) is 23.5. The highest BCUT2D eigenvalue weighted by Crippen LogP contribution is 2.24. The summed E-state index contributed by atoms with van der Waals surface area (Å²) in [5.74, 6) is 0.671. The number of amides is 1. The number of nitrogens with one attached hydrogen (secondary N) is 1. The number of hydrogen-bond acceptors (Lipinski definition) is 4. The van der Waals surface area contributed by atoms with Gasteiger partial charge >= 0.3 is 0 Å². The molecule has 1 heterocycles. The predicted octanol–water partition coefficient (Wildman–Crippen LogP) is 4.79. The first-order valence-corrected chi connectivity index (χ1v) is 11.4. The third-order valence-electron chi connectivity index (χ3n) is 5.71. The summed E-state index contributed by atoms with van der Waals surface area (Å²) in [4.78, 5) is 15.6. The Labute approximate surface area is 191 Å². The van der Waals surface area contributed by atoms with Gasteiger partial charge in [-0.3, -0.25) is 4.79 Å². The van der Waals surface area contributed by atoms with Crippen molar-refractivity contribution in [3.63, 3.8) is 0 Å². The number of methoxy groups -OCH3 is 1. The second-order valence-corrected chi connectivity index (χ2v) is 7.93. The molecule has 1 N–H and O–H groups in total.